The average molecular weight is 262 g/mol. The van der Waals surface area contributed by atoms with Gasteiger partial charge in [-0.15, -0.1) is 0 Å². The molecule has 2 bridgehead atoms. The first-order valence-electron chi connectivity index (χ1n) is 6.69. The van der Waals surface area contributed by atoms with E-state index in [9.17, 15) is 9.90 Å². The first-order chi connectivity index (χ1) is 9.20. The molecule has 4 unspecified atom stereocenters. The van der Waals surface area contributed by atoms with Gasteiger partial charge in [0.05, 0.1) is 0 Å². The molecule has 0 saturated heterocycles. The molecule has 2 aliphatic rings. The van der Waals surface area contributed by atoms with Crippen LogP contribution < -0.4 is 11.1 Å². The molecule has 1 amide bonds. The number of nitrogens with one attached hydrogen (secondary N) is 1. The van der Waals surface area contributed by atoms with Gasteiger partial charge in [-0.25, -0.2) is 9.97 Å². The highest BCUT2D eigenvalue weighted by molar-refractivity contribution is 5.96. The largest absolute Gasteiger partial charge is 0.396 e. The Hall–Kier alpha value is -1.69. The molecule has 2 saturated carbocycles. The van der Waals surface area contributed by atoms with Crippen LogP contribution in [0.4, 0.5) is 5.82 Å². The number of fused-ring (bicyclic) bond motifs is 2. The monoisotopic (exact) mass is 262 g/mol. The Bertz CT molecular complexity index is 493. The van der Waals surface area contributed by atoms with Crippen LogP contribution in [0.2, 0.25) is 0 Å². The quantitative estimate of drug-likeness (QED) is 0.722. The summed E-state index contributed by atoms with van der Waals surface area (Å²) in [7, 11) is 0. The molecule has 2 fully saturated rings. The number of hydrogen-bond donors (Lipinski definition) is 3. The van der Waals surface area contributed by atoms with Gasteiger partial charge in [-0.1, -0.05) is 0 Å². The zero-order valence-electron chi connectivity index (χ0n) is 10.6. The number of aliphatic hydroxyl groups excluding tert-OH is 1. The number of nitrogens with zero attached hydrogens (tertiary/aromatic N) is 2. The van der Waals surface area contributed by atoms with Gasteiger partial charge in [0.25, 0.3) is 5.91 Å². The Kier molecular flexibility index (Phi) is 3.10. The Morgan fingerprint density at radius 1 is 1.37 bits per heavy atom. The van der Waals surface area contributed by atoms with E-state index in [0.717, 1.165) is 19.3 Å². The minimum Gasteiger partial charge on any atom is -0.396 e. The number of amides is 1. The molecular weight excluding hydrogens is 244 g/mol. The Balaban J connectivity index is 1.75. The third-order valence-electron chi connectivity index (χ3n) is 4.54. The van der Waals surface area contributed by atoms with E-state index in [2.05, 4.69) is 15.3 Å². The second-order valence-electron chi connectivity index (χ2n) is 5.47. The van der Waals surface area contributed by atoms with Gasteiger partial charge in [0.15, 0.2) is 11.5 Å². The summed E-state index contributed by atoms with van der Waals surface area (Å²) in [4.78, 5) is 20.0. The standard InChI is InChI=1S/C13H18N4O2/c14-12-11(15-3-4-16-12)13(19)17-10-8-2-1-7(5-8)9(10)6-18/h3-4,7-10,18H,1-2,5-6H2,(H2,14,16)(H,17,19). The van der Waals surface area contributed by atoms with E-state index in [1.807, 2.05) is 0 Å². The summed E-state index contributed by atoms with van der Waals surface area (Å²) in [6.07, 6.45) is 6.31. The normalized spacial score (nSPS) is 32.5. The van der Waals surface area contributed by atoms with Crippen molar-refractivity contribution in [3.63, 3.8) is 0 Å². The van der Waals surface area contributed by atoms with Crippen LogP contribution in [-0.4, -0.2) is 33.6 Å². The van der Waals surface area contributed by atoms with Crippen molar-refractivity contribution in [3.8, 4) is 0 Å². The molecule has 6 nitrogen and oxygen atoms in total. The van der Waals surface area contributed by atoms with Gasteiger partial charge in [-0.2, -0.15) is 0 Å². The van der Waals surface area contributed by atoms with Crippen molar-refractivity contribution >= 4 is 11.7 Å². The third-order valence-corrected chi connectivity index (χ3v) is 4.54. The number of nitrogens with two attached hydrogens (primary N) is 1. The zero-order chi connectivity index (χ0) is 13.4. The number of carbonyl (C=O) groups excluding carboxylic acids is 1. The van der Waals surface area contributed by atoms with Crippen LogP contribution in [0.25, 0.3) is 0 Å². The molecule has 0 spiro atoms. The maximum absolute atomic E-state index is 12.2. The lowest BCUT2D eigenvalue weighted by Gasteiger charge is -2.30. The van der Waals surface area contributed by atoms with Gasteiger partial charge >= 0.3 is 0 Å². The van der Waals surface area contributed by atoms with Crippen LogP contribution in [0.5, 0.6) is 0 Å². The van der Waals surface area contributed by atoms with Gasteiger partial charge < -0.3 is 16.2 Å². The predicted molar refractivity (Wildman–Crippen MR) is 69.1 cm³/mol. The Morgan fingerprint density at radius 2 is 2.11 bits per heavy atom. The van der Waals surface area contributed by atoms with Crippen molar-refractivity contribution in [2.75, 3.05) is 12.3 Å². The van der Waals surface area contributed by atoms with Gasteiger partial charge in [0.1, 0.15) is 0 Å². The number of aromatic nitrogens is 2. The summed E-state index contributed by atoms with van der Waals surface area (Å²) in [5.41, 5.74) is 5.82. The van der Waals surface area contributed by atoms with E-state index >= 15 is 0 Å². The molecule has 6 heteroatoms. The number of hydrogen-bond acceptors (Lipinski definition) is 5. The van der Waals surface area contributed by atoms with Crippen LogP contribution >= 0.6 is 0 Å². The maximum atomic E-state index is 12.2. The third kappa shape index (κ3) is 2.06. The van der Waals surface area contributed by atoms with Crippen molar-refractivity contribution in [2.24, 2.45) is 17.8 Å². The number of rotatable bonds is 3. The van der Waals surface area contributed by atoms with E-state index in [0.29, 0.717) is 11.8 Å². The average Bonchev–Trinajstić information content (AvgIpc) is 3.00. The Labute approximate surface area is 111 Å². The number of carbonyl (C=O) groups is 1. The Morgan fingerprint density at radius 3 is 2.84 bits per heavy atom. The molecule has 4 atom stereocenters. The second-order valence-corrected chi connectivity index (χ2v) is 5.47. The number of aliphatic hydroxyl groups is 1. The fraction of sp³-hybridized carbons (Fsp3) is 0.615. The molecular formula is C13H18N4O2. The lowest BCUT2D eigenvalue weighted by Crippen LogP contribution is -2.45. The summed E-state index contributed by atoms with van der Waals surface area (Å²) in [5.74, 6) is 1.04. The molecule has 102 valence electrons. The first kappa shape index (κ1) is 12.3. The summed E-state index contributed by atoms with van der Waals surface area (Å²) >= 11 is 0. The van der Waals surface area contributed by atoms with E-state index in [1.165, 1.54) is 12.4 Å². The van der Waals surface area contributed by atoms with Crippen LogP contribution in [-0.2, 0) is 0 Å². The molecule has 3 rings (SSSR count). The van der Waals surface area contributed by atoms with E-state index in [1.54, 1.807) is 0 Å². The van der Waals surface area contributed by atoms with Crippen LogP contribution in [0, 0.1) is 17.8 Å². The van der Waals surface area contributed by atoms with E-state index < -0.39 is 0 Å². The van der Waals surface area contributed by atoms with Gasteiger partial charge in [-0.3, -0.25) is 4.79 Å². The molecule has 0 aromatic carbocycles. The van der Waals surface area contributed by atoms with Gasteiger partial charge in [0, 0.05) is 31.0 Å². The fourth-order valence-electron chi connectivity index (χ4n) is 3.64. The lowest BCUT2D eigenvalue weighted by atomic mass is 9.85. The van der Waals surface area contributed by atoms with Crippen LogP contribution in [0.15, 0.2) is 12.4 Å². The van der Waals surface area contributed by atoms with Crippen molar-refractivity contribution in [1.29, 1.82) is 0 Å². The van der Waals surface area contributed by atoms with Crippen molar-refractivity contribution < 1.29 is 9.90 Å². The molecule has 1 aromatic heterocycles. The summed E-state index contributed by atoms with van der Waals surface area (Å²) in [5, 5.41) is 12.5. The van der Waals surface area contributed by atoms with Crippen molar-refractivity contribution in [2.45, 2.75) is 25.3 Å². The summed E-state index contributed by atoms with van der Waals surface area (Å²) in [6, 6.07) is 0.0395. The molecule has 4 N–H and O–H groups in total. The van der Waals surface area contributed by atoms with Crippen molar-refractivity contribution in [3.05, 3.63) is 18.1 Å². The minimum absolute atomic E-state index is 0.0395. The van der Waals surface area contributed by atoms with Gasteiger partial charge in [-0.05, 0) is 31.1 Å². The number of nitrogen functional groups attached to an aromatic ring is 1. The van der Waals surface area contributed by atoms with Gasteiger partial charge in [0.2, 0.25) is 0 Å². The predicted octanol–water partition coefficient (Wildman–Crippen LogP) is 0.196. The highest BCUT2D eigenvalue weighted by Crippen LogP contribution is 2.48. The van der Waals surface area contributed by atoms with Crippen LogP contribution in [0.1, 0.15) is 29.8 Å². The molecule has 19 heavy (non-hydrogen) atoms. The molecule has 1 heterocycles. The smallest absolute Gasteiger partial charge is 0.273 e. The summed E-state index contributed by atoms with van der Waals surface area (Å²) < 4.78 is 0. The maximum Gasteiger partial charge on any atom is 0.273 e. The lowest BCUT2D eigenvalue weighted by molar-refractivity contribution is 0.0857. The highest BCUT2D eigenvalue weighted by atomic mass is 16.3. The van der Waals surface area contributed by atoms with E-state index in [-0.39, 0.29) is 36.0 Å². The van der Waals surface area contributed by atoms with Crippen LogP contribution in [0.3, 0.4) is 0 Å². The highest BCUT2D eigenvalue weighted by Gasteiger charge is 2.47. The number of anilines is 1. The molecule has 0 aliphatic heterocycles. The molecule has 0 radical (unpaired) electrons. The van der Waals surface area contributed by atoms with E-state index in [4.69, 9.17) is 5.73 Å². The van der Waals surface area contributed by atoms with Crippen molar-refractivity contribution in [1.82, 2.24) is 15.3 Å². The summed E-state index contributed by atoms with van der Waals surface area (Å²) in [6.45, 7) is 0.127. The topological polar surface area (TPSA) is 101 Å². The second kappa shape index (κ2) is 4.77. The zero-order valence-corrected chi connectivity index (χ0v) is 10.6. The fourth-order valence-corrected chi connectivity index (χ4v) is 3.64. The molecule has 1 aromatic rings. The SMILES string of the molecule is Nc1nccnc1C(=O)NC1C2CCC(C2)C1CO. The first-order valence-corrected chi connectivity index (χ1v) is 6.69. The molecule has 2 aliphatic carbocycles. The minimum atomic E-state index is -0.290.